The molecule has 2 rings (SSSR count). The zero-order valence-corrected chi connectivity index (χ0v) is 16.4. The van der Waals surface area contributed by atoms with Gasteiger partial charge in [0.1, 0.15) is 5.75 Å². The van der Waals surface area contributed by atoms with Gasteiger partial charge in [-0.2, -0.15) is 0 Å². The third kappa shape index (κ3) is 7.71. The van der Waals surface area contributed by atoms with Crippen molar-refractivity contribution >= 4 is 29.1 Å². The molecule has 144 valence electrons. The fourth-order valence-electron chi connectivity index (χ4n) is 2.39. The Morgan fingerprint density at radius 1 is 0.963 bits per heavy atom. The molecule has 0 aliphatic heterocycles. The van der Waals surface area contributed by atoms with E-state index in [1.807, 2.05) is 32.0 Å². The van der Waals surface area contributed by atoms with Gasteiger partial charge in [0, 0.05) is 23.7 Å². The first-order valence-electron chi connectivity index (χ1n) is 8.96. The smallest absolute Gasteiger partial charge is 0.224 e. The normalized spacial score (nSPS) is 10.3. The van der Waals surface area contributed by atoms with Crippen LogP contribution in [0.25, 0.3) is 0 Å². The third-order valence-electron chi connectivity index (χ3n) is 4.11. The van der Waals surface area contributed by atoms with E-state index >= 15 is 0 Å². The Hall–Kier alpha value is -2.53. The van der Waals surface area contributed by atoms with Gasteiger partial charge >= 0.3 is 0 Å². The Morgan fingerprint density at radius 2 is 1.70 bits per heavy atom. The van der Waals surface area contributed by atoms with E-state index < -0.39 is 0 Å². The average molecular weight is 389 g/mol. The summed E-state index contributed by atoms with van der Waals surface area (Å²) < 4.78 is 5.60. The second-order valence-electron chi connectivity index (χ2n) is 6.35. The number of rotatable bonds is 9. The Morgan fingerprint density at radius 3 is 2.41 bits per heavy atom. The zero-order valence-electron chi connectivity index (χ0n) is 15.7. The van der Waals surface area contributed by atoms with E-state index in [9.17, 15) is 9.59 Å². The van der Waals surface area contributed by atoms with Gasteiger partial charge in [0.15, 0.2) is 0 Å². The molecule has 0 bridgehead atoms. The molecule has 27 heavy (non-hydrogen) atoms. The fourth-order valence-corrected chi connectivity index (χ4v) is 2.51. The van der Waals surface area contributed by atoms with Crippen LogP contribution in [0.4, 0.5) is 5.69 Å². The lowest BCUT2D eigenvalue weighted by Gasteiger charge is -2.09. The first-order chi connectivity index (χ1) is 12.9. The number of nitrogens with one attached hydrogen (secondary N) is 2. The van der Waals surface area contributed by atoms with Gasteiger partial charge < -0.3 is 15.4 Å². The number of anilines is 1. The highest BCUT2D eigenvalue weighted by Crippen LogP contribution is 2.16. The van der Waals surface area contributed by atoms with E-state index in [1.54, 1.807) is 24.3 Å². The summed E-state index contributed by atoms with van der Waals surface area (Å²) in [6, 6.07) is 12.8. The monoisotopic (exact) mass is 388 g/mol. The Balaban J connectivity index is 1.56. The number of hydrogen-bond donors (Lipinski definition) is 2. The molecule has 0 aliphatic rings. The van der Waals surface area contributed by atoms with Crippen LogP contribution in [-0.4, -0.2) is 25.0 Å². The van der Waals surface area contributed by atoms with Crippen LogP contribution in [0.2, 0.25) is 5.02 Å². The molecule has 0 heterocycles. The van der Waals surface area contributed by atoms with Gasteiger partial charge in [0.25, 0.3) is 0 Å². The third-order valence-corrected chi connectivity index (χ3v) is 4.36. The molecule has 0 aliphatic carbocycles. The van der Waals surface area contributed by atoms with Crippen LogP contribution in [0, 0.1) is 13.8 Å². The van der Waals surface area contributed by atoms with Crippen LogP contribution < -0.4 is 15.4 Å². The molecule has 2 amide bonds. The maximum atomic E-state index is 11.8. The van der Waals surface area contributed by atoms with Gasteiger partial charge in [-0.3, -0.25) is 9.59 Å². The van der Waals surface area contributed by atoms with E-state index in [2.05, 4.69) is 10.6 Å². The number of carbonyl (C=O) groups is 2. The van der Waals surface area contributed by atoms with Crippen molar-refractivity contribution in [2.45, 2.75) is 33.1 Å². The molecule has 5 nitrogen and oxygen atoms in total. The van der Waals surface area contributed by atoms with Gasteiger partial charge in [-0.05, 0) is 67.8 Å². The highest BCUT2D eigenvalue weighted by molar-refractivity contribution is 6.30. The Kier molecular flexibility index (Phi) is 8.14. The van der Waals surface area contributed by atoms with Gasteiger partial charge in [0.2, 0.25) is 11.8 Å². The number of carbonyl (C=O) groups excluding carboxylic acids is 2. The first kappa shape index (κ1) is 20.8. The quantitative estimate of drug-likeness (QED) is 0.630. The number of ether oxygens (including phenoxy) is 1. The summed E-state index contributed by atoms with van der Waals surface area (Å²) in [5, 5.41) is 6.21. The second-order valence-corrected chi connectivity index (χ2v) is 6.79. The van der Waals surface area contributed by atoms with E-state index in [0.29, 0.717) is 36.7 Å². The van der Waals surface area contributed by atoms with Crippen LogP contribution in [0.1, 0.15) is 30.4 Å². The van der Waals surface area contributed by atoms with Crippen molar-refractivity contribution in [2.75, 3.05) is 18.5 Å². The molecule has 2 N–H and O–H groups in total. The number of benzene rings is 2. The summed E-state index contributed by atoms with van der Waals surface area (Å²) in [4.78, 5) is 23.7. The molecule has 0 saturated carbocycles. The molecule has 2 aromatic carbocycles. The van der Waals surface area contributed by atoms with Crippen molar-refractivity contribution in [1.29, 1.82) is 0 Å². The maximum absolute atomic E-state index is 11.8. The second kappa shape index (κ2) is 10.6. The van der Waals surface area contributed by atoms with Crippen molar-refractivity contribution in [1.82, 2.24) is 5.32 Å². The highest BCUT2D eigenvalue weighted by atomic mass is 35.5. The van der Waals surface area contributed by atoms with Crippen molar-refractivity contribution in [3.8, 4) is 5.75 Å². The molecule has 2 aromatic rings. The van der Waals surface area contributed by atoms with Crippen LogP contribution >= 0.6 is 11.6 Å². The zero-order chi connectivity index (χ0) is 19.6. The average Bonchev–Trinajstić information content (AvgIpc) is 2.64. The Labute approximate surface area is 165 Å². The number of amides is 2. The SMILES string of the molecule is Cc1ccc(OCCC(=O)NCCCC(=O)Nc2ccc(Cl)cc2)cc1C. The summed E-state index contributed by atoms with van der Waals surface area (Å²) in [6.07, 6.45) is 1.19. The number of aryl methyl sites for hydroxylation is 2. The molecule has 0 spiro atoms. The van der Waals surface area contributed by atoms with Gasteiger partial charge in [-0.25, -0.2) is 0 Å². The van der Waals surface area contributed by atoms with E-state index in [0.717, 1.165) is 11.3 Å². The lowest BCUT2D eigenvalue weighted by Crippen LogP contribution is -2.26. The molecule has 0 atom stereocenters. The molecule has 0 unspecified atom stereocenters. The topological polar surface area (TPSA) is 67.4 Å². The van der Waals surface area contributed by atoms with Crippen molar-refractivity contribution in [2.24, 2.45) is 0 Å². The van der Waals surface area contributed by atoms with Crippen LogP contribution in [-0.2, 0) is 9.59 Å². The fraction of sp³-hybridized carbons (Fsp3) is 0.333. The summed E-state index contributed by atoms with van der Waals surface area (Å²) in [6.45, 7) is 4.85. The van der Waals surface area contributed by atoms with Crippen molar-refractivity contribution in [3.63, 3.8) is 0 Å². The van der Waals surface area contributed by atoms with Gasteiger partial charge in [-0.1, -0.05) is 17.7 Å². The van der Waals surface area contributed by atoms with Crippen LogP contribution in [0.3, 0.4) is 0 Å². The van der Waals surface area contributed by atoms with Gasteiger partial charge in [0.05, 0.1) is 13.0 Å². The minimum absolute atomic E-state index is 0.0862. The predicted octanol–water partition coefficient (Wildman–Crippen LogP) is 4.26. The standard InChI is InChI=1S/C21H25ClN2O3/c1-15-5-10-19(14-16(15)2)27-13-11-20(25)23-12-3-4-21(26)24-18-8-6-17(22)7-9-18/h5-10,14H,3-4,11-13H2,1-2H3,(H,23,25)(H,24,26). The molecule has 0 radical (unpaired) electrons. The largest absolute Gasteiger partial charge is 0.493 e. The summed E-state index contributed by atoms with van der Waals surface area (Å²) in [5.74, 6) is 0.589. The van der Waals surface area contributed by atoms with E-state index in [1.165, 1.54) is 5.56 Å². The summed E-state index contributed by atoms with van der Waals surface area (Å²) >= 11 is 5.80. The maximum Gasteiger partial charge on any atom is 0.224 e. The van der Waals surface area contributed by atoms with Crippen molar-refractivity contribution in [3.05, 3.63) is 58.6 Å². The van der Waals surface area contributed by atoms with Crippen LogP contribution in [0.15, 0.2) is 42.5 Å². The van der Waals surface area contributed by atoms with Crippen molar-refractivity contribution < 1.29 is 14.3 Å². The van der Waals surface area contributed by atoms with Gasteiger partial charge in [-0.15, -0.1) is 0 Å². The molecule has 0 fully saturated rings. The lowest BCUT2D eigenvalue weighted by molar-refractivity contribution is -0.122. The summed E-state index contributed by atoms with van der Waals surface area (Å²) in [7, 11) is 0. The molecular formula is C21H25ClN2O3. The number of halogens is 1. The van der Waals surface area contributed by atoms with Crippen LogP contribution in [0.5, 0.6) is 5.75 Å². The summed E-state index contributed by atoms with van der Waals surface area (Å²) in [5.41, 5.74) is 3.07. The number of hydrogen-bond acceptors (Lipinski definition) is 3. The predicted molar refractivity (Wildman–Crippen MR) is 108 cm³/mol. The lowest BCUT2D eigenvalue weighted by atomic mass is 10.1. The molecule has 6 heteroatoms. The minimum atomic E-state index is -0.0929. The van der Waals surface area contributed by atoms with E-state index in [-0.39, 0.29) is 18.2 Å². The first-order valence-corrected chi connectivity index (χ1v) is 9.34. The Bertz CT molecular complexity index is 775. The molecule has 0 saturated heterocycles. The van der Waals surface area contributed by atoms with E-state index in [4.69, 9.17) is 16.3 Å². The molecule has 0 aromatic heterocycles. The molecular weight excluding hydrogens is 364 g/mol. The highest BCUT2D eigenvalue weighted by Gasteiger charge is 2.05. The minimum Gasteiger partial charge on any atom is -0.493 e.